The Morgan fingerprint density at radius 1 is 1.60 bits per heavy atom. The van der Waals surface area contributed by atoms with Gasteiger partial charge in [-0.25, -0.2) is 4.39 Å². The Morgan fingerprint density at radius 3 is 2.60 bits per heavy atom. The molecule has 2 atom stereocenters. The Labute approximate surface area is 66.1 Å². The number of rotatable bonds is 0. The summed E-state index contributed by atoms with van der Waals surface area (Å²) in [7, 11) is 0. The average Bonchev–Trinajstić information content (AvgIpc) is 1.79. The summed E-state index contributed by atoms with van der Waals surface area (Å²) in [5.74, 6) is 0. The summed E-state index contributed by atoms with van der Waals surface area (Å²) in [5, 5.41) is -0.333. The number of alkyl halides is 2. The van der Waals surface area contributed by atoms with Gasteiger partial charge >= 0.3 is 0 Å². The standard InChI is InChI=1S/C8H12ClF/c1-8(2)4-3-7(10)6(9)5-8/h3-4,6-7H,5H2,1-2H3. The predicted octanol–water partition coefficient (Wildman–Crippen LogP) is 2.92. The molecule has 0 radical (unpaired) electrons. The van der Waals surface area contributed by atoms with E-state index in [1.165, 1.54) is 0 Å². The third-order valence-electron chi connectivity index (χ3n) is 1.80. The Kier molecular flexibility index (Phi) is 2.04. The second-order valence-electron chi connectivity index (χ2n) is 3.51. The molecule has 0 bridgehead atoms. The summed E-state index contributed by atoms with van der Waals surface area (Å²) in [5.41, 5.74) is 0.0784. The first-order chi connectivity index (χ1) is 4.51. The zero-order valence-corrected chi connectivity index (χ0v) is 7.03. The molecule has 0 saturated heterocycles. The van der Waals surface area contributed by atoms with Crippen molar-refractivity contribution < 1.29 is 4.39 Å². The molecule has 0 heterocycles. The highest BCUT2D eigenvalue weighted by Gasteiger charge is 2.28. The second kappa shape index (κ2) is 2.54. The monoisotopic (exact) mass is 162 g/mol. The van der Waals surface area contributed by atoms with Gasteiger partial charge in [0.15, 0.2) is 0 Å². The van der Waals surface area contributed by atoms with Crippen molar-refractivity contribution in [2.75, 3.05) is 0 Å². The molecule has 0 fully saturated rings. The predicted molar refractivity (Wildman–Crippen MR) is 42.1 cm³/mol. The van der Waals surface area contributed by atoms with Crippen LogP contribution in [0.1, 0.15) is 20.3 Å². The molecule has 0 aliphatic heterocycles. The van der Waals surface area contributed by atoms with Crippen molar-refractivity contribution in [1.82, 2.24) is 0 Å². The molecule has 10 heavy (non-hydrogen) atoms. The Morgan fingerprint density at radius 2 is 2.20 bits per heavy atom. The van der Waals surface area contributed by atoms with Gasteiger partial charge in [0.25, 0.3) is 0 Å². The highest BCUT2D eigenvalue weighted by Crippen LogP contribution is 2.33. The first-order valence-corrected chi connectivity index (χ1v) is 3.92. The van der Waals surface area contributed by atoms with Gasteiger partial charge in [-0.05, 0) is 11.8 Å². The summed E-state index contributed by atoms with van der Waals surface area (Å²) < 4.78 is 12.7. The van der Waals surface area contributed by atoms with E-state index in [0.717, 1.165) is 6.42 Å². The Balaban J connectivity index is 2.69. The van der Waals surface area contributed by atoms with Gasteiger partial charge in [-0.3, -0.25) is 0 Å². The van der Waals surface area contributed by atoms with E-state index in [1.807, 2.05) is 6.08 Å². The van der Waals surface area contributed by atoms with Gasteiger partial charge in [0.05, 0.1) is 5.38 Å². The fourth-order valence-corrected chi connectivity index (χ4v) is 1.64. The van der Waals surface area contributed by atoms with E-state index in [-0.39, 0.29) is 10.8 Å². The maximum atomic E-state index is 12.7. The zero-order valence-electron chi connectivity index (χ0n) is 6.27. The molecular formula is C8H12ClF. The average molecular weight is 163 g/mol. The lowest BCUT2D eigenvalue weighted by Gasteiger charge is -2.28. The van der Waals surface area contributed by atoms with Gasteiger partial charge in [0, 0.05) is 0 Å². The van der Waals surface area contributed by atoms with E-state index in [1.54, 1.807) is 6.08 Å². The second-order valence-corrected chi connectivity index (χ2v) is 4.07. The van der Waals surface area contributed by atoms with Gasteiger partial charge in [-0.1, -0.05) is 26.0 Å². The molecule has 58 valence electrons. The van der Waals surface area contributed by atoms with Crippen LogP contribution in [0, 0.1) is 5.41 Å². The van der Waals surface area contributed by atoms with Crippen LogP contribution >= 0.6 is 11.6 Å². The van der Waals surface area contributed by atoms with Gasteiger partial charge in [0.1, 0.15) is 6.17 Å². The minimum Gasteiger partial charge on any atom is -0.241 e. The highest BCUT2D eigenvalue weighted by molar-refractivity contribution is 6.21. The van der Waals surface area contributed by atoms with Gasteiger partial charge < -0.3 is 0 Å². The van der Waals surface area contributed by atoms with Gasteiger partial charge in [-0.2, -0.15) is 0 Å². The van der Waals surface area contributed by atoms with E-state index < -0.39 is 6.17 Å². The van der Waals surface area contributed by atoms with Crippen LogP contribution < -0.4 is 0 Å². The van der Waals surface area contributed by atoms with Crippen molar-refractivity contribution in [3.63, 3.8) is 0 Å². The molecule has 0 aromatic carbocycles. The maximum absolute atomic E-state index is 12.7. The summed E-state index contributed by atoms with van der Waals surface area (Å²) in [6.07, 6.45) is 3.24. The molecule has 0 N–H and O–H groups in total. The van der Waals surface area contributed by atoms with Crippen LogP contribution in [-0.2, 0) is 0 Å². The number of hydrogen-bond acceptors (Lipinski definition) is 0. The van der Waals surface area contributed by atoms with Crippen LogP contribution in [0.3, 0.4) is 0 Å². The van der Waals surface area contributed by atoms with Crippen molar-refractivity contribution in [2.24, 2.45) is 5.41 Å². The molecule has 1 rings (SSSR count). The minimum atomic E-state index is -0.949. The largest absolute Gasteiger partial charge is 0.241 e. The number of hydrogen-bond donors (Lipinski definition) is 0. The fourth-order valence-electron chi connectivity index (χ4n) is 1.16. The summed E-state index contributed by atoms with van der Waals surface area (Å²) in [4.78, 5) is 0. The molecule has 2 unspecified atom stereocenters. The summed E-state index contributed by atoms with van der Waals surface area (Å²) in [6.45, 7) is 4.12. The normalized spacial score (nSPS) is 38.0. The first-order valence-electron chi connectivity index (χ1n) is 3.49. The smallest absolute Gasteiger partial charge is 0.135 e. The molecular weight excluding hydrogens is 151 g/mol. The molecule has 0 aromatic heterocycles. The Hall–Kier alpha value is -0.0400. The summed E-state index contributed by atoms with van der Waals surface area (Å²) in [6, 6.07) is 0. The van der Waals surface area contributed by atoms with Crippen molar-refractivity contribution >= 4 is 11.6 Å². The van der Waals surface area contributed by atoms with Gasteiger partial charge in [-0.15, -0.1) is 11.6 Å². The summed E-state index contributed by atoms with van der Waals surface area (Å²) >= 11 is 5.73. The van der Waals surface area contributed by atoms with E-state index in [4.69, 9.17) is 11.6 Å². The minimum absolute atomic E-state index is 0.0784. The molecule has 1 aliphatic carbocycles. The lowest BCUT2D eigenvalue weighted by atomic mass is 9.82. The Bertz CT molecular complexity index is 151. The molecule has 0 amide bonds. The van der Waals surface area contributed by atoms with Crippen molar-refractivity contribution in [3.8, 4) is 0 Å². The topological polar surface area (TPSA) is 0 Å². The van der Waals surface area contributed by atoms with Crippen LogP contribution in [-0.4, -0.2) is 11.5 Å². The third kappa shape index (κ3) is 1.72. The van der Waals surface area contributed by atoms with Gasteiger partial charge in [0.2, 0.25) is 0 Å². The maximum Gasteiger partial charge on any atom is 0.135 e. The highest BCUT2D eigenvalue weighted by atomic mass is 35.5. The van der Waals surface area contributed by atoms with Crippen molar-refractivity contribution in [2.45, 2.75) is 31.8 Å². The molecule has 0 saturated carbocycles. The molecule has 1 aliphatic rings. The fraction of sp³-hybridized carbons (Fsp3) is 0.750. The van der Waals surface area contributed by atoms with Crippen molar-refractivity contribution in [3.05, 3.63) is 12.2 Å². The third-order valence-corrected chi connectivity index (χ3v) is 2.19. The lowest BCUT2D eigenvalue weighted by molar-refractivity contribution is 0.299. The van der Waals surface area contributed by atoms with Crippen LogP contribution in [0.25, 0.3) is 0 Å². The van der Waals surface area contributed by atoms with Crippen LogP contribution in [0.2, 0.25) is 0 Å². The quantitative estimate of drug-likeness (QED) is 0.380. The SMILES string of the molecule is CC1(C)C=CC(F)C(Cl)C1. The molecule has 0 spiro atoms. The van der Waals surface area contributed by atoms with Crippen LogP contribution in [0.5, 0.6) is 0 Å². The van der Waals surface area contributed by atoms with Crippen LogP contribution in [0.4, 0.5) is 4.39 Å². The van der Waals surface area contributed by atoms with Crippen LogP contribution in [0.15, 0.2) is 12.2 Å². The molecule has 0 nitrogen and oxygen atoms in total. The lowest BCUT2D eigenvalue weighted by Crippen LogP contribution is -2.26. The number of allylic oxidation sites excluding steroid dienone is 2. The zero-order chi connectivity index (χ0) is 7.78. The van der Waals surface area contributed by atoms with Crippen molar-refractivity contribution in [1.29, 1.82) is 0 Å². The van der Waals surface area contributed by atoms with E-state index in [9.17, 15) is 4.39 Å². The number of halogens is 2. The molecule has 2 heteroatoms. The van der Waals surface area contributed by atoms with E-state index >= 15 is 0 Å². The van der Waals surface area contributed by atoms with E-state index in [0.29, 0.717) is 0 Å². The van der Waals surface area contributed by atoms with E-state index in [2.05, 4.69) is 13.8 Å². The molecule has 0 aromatic rings. The first kappa shape index (κ1) is 8.06.